The van der Waals surface area contributed by atoms with Crippen molar-refractivity contribution in [1.29, 1.82) is 0 Å². The van der Waals surface area contributed by atoms with E-state index in [0.717, 1.165) is 38.6 Å². The molecule has 2 fully saturated rings. The average Bonchev–Trinajstić information content (AvgIpc) is 2.47. The van der Waals surface area contributed by atoms with Crippen molar-refractivity contribution in [3.05, 3.63) is 0 Å². The molecule has 3 atom stereocenters. The molecule has 2 aliphatic heterocycles. The largest absolute Gasteiger partial charge is 0.464 e. The smallest absolute Gasteiger partial charge is 0.328 e. The molecule has 2 heterocycles. The predicted octanol–water partition coefficient (Wildman–Crippen LogP) is 1.32. The van der Waals surface area contributed by atoms with Crippen LogP contribution in [0.3, 0.4) is 0 Å². The van der Waals surface area contributed by atoms with Gasteiger partial charge in [0.25, 0.3) is 0 Å². The van der Waals surface area contributed by atoms with Gasteiger partial charge in [-0.3, -0.25) is 4.79 Å². The van der Waals surface area contributed by atoms with E-state index in [0.29, 0.717) is 19.2 Å². The number of hydrogen-bond donors (Lipinski definition) is 1. The van der Waals surface area contributed by atoms with E-state index in [1.54, 1.807) is 11.8 Å². The second-order valence-corrected chi connectivity index (χ2v) is 5.87. The van der Waals surface area contributed by atoms with Crippen LogP contribution in [-0.4, -0.2) is 48.6 Å². The number of piperidine rings is 2. The molecule has 0 bridgehead atoms. The fraction of sp³-hybridized carbons (Fsp3) is 0.867. The third-order valence-electron chi connectivity index (χ3n) is 4.32. The summed E-state index contributed by atoms with van der Waals surface area (Å²) in [5, 5.41) is 3.36. The van der Waals surface area contributed by atoms with Gasteiger partial charge in [0, 0.05) is 18.5 Å². The Labute approximate surface area is 121 Å². The second-order valence-electron chi connectivity index (χ2n) is 5.87. The number of amides is 1. The Hall–Kier alpha value is -1.10. The van der Waals surface area contributed by atoms with Crippen LogP contribution in [0.15, 0.2) is 0 Å². The van der Waals surface area contributed by atoms with Crippen LogP contribution >= 0.6 is 0 Å². The average molecular weight is 282 g/mol. The van der Waals surface area contributed by atoms with Crippen molar-refractivity contribution in [2.75, 3.05) is 19.7 Å². The lowest BCUT2D eigenvalue weighted by molar-refractivity contribution is -0.158. The van der Waals surface area contributed by atoms with E-state index in [-0.39, 0.29) is 23.8 Å². The fourth-order valence-electron chi connectivity index (χ4n) is 3.27. The minimum atomic E-state index is -0.360. The molecule has 0 radical (unpaired) electrons. The first-order valence-corrected chi connectivity index (χ1v) is 7.84. The molecule has 3 unspecified atom stereocenters. The van der Waals surface area contributed by atoms with Crippen molar-refractivity contribution in [1.82, 2.24) is 10.2 Å². The highest BCUT2D eigenvalue weighted by Crippen LogP contribution is 2.25. The van der Waals surface area contributed by atoms with Gasteiger partial charge in [-0.25, -0.2) is 4.79 Å². The number of rotatable bonds is 3. The van der Waals surface area contributed by atoms with Crippen LogP contribution in [0.4, 0.5) is 0 Å². The molecule has 2 saturated heterocycles. The maximum absolute atomic E-state index is 12.7. The zero-order chi connectivity index (χ0) is 14.5. The molecule has 2 aliphatic rings. The van der Waals surface area contributed by atoms with Crippen molar-refractivity contribution in [2.45, 2.75) is 58.0 Å². The van der Waals surface area contributed by atoms with Crippen molar-refractivity contribution < 1.29 is 14.3 Å². The van der Waals surface area contributed by atoms with Gasteiger partial charge in [0.05, 0.1) is 6.61 Å². The molecule has 1 N–H and O–H groups in total. The normalized spacial score (nSPS) is 30.9. The lowest BCUT2D eigenvalue weighted by Gasteiger charge is -2.38. The van der Waals surface area contributed by atoms with Crippen LogP contribution in [0.5, 0.6) is 0 Å². The number of ether oxygens (including phenoxy) is 1. The van der Waals surface area contributed by atoms with E-state index >= 15 is 0 Å². The summed E-state index contributed by atoms with van der Waals surface area (Å²) in [7, 11) is 0. The first kappa shape index (κ1) is 15.3. The van der Waals surface area contributed by atoms with Crippen LogP contribution in [-0.2, 0) is 14.3 Å². The summed E-state index contributed by atoms with van der Waals surface area (Å²) in [6.45, 7) is 5.87. The van der Waals surface area contributed by atoms with Crippen molar-refractivity contribution in [3.63, 3.8) is 0 Å². The Kier molecular flexibility index (Phi) is 5.40. The quantitative estimate of drug-likeness (QED) is 0.793. The maximum atomic E-state index is 12.7. The summed E-state index contributed by atoms with van der Waals surface area (Å²) >= 11 is 0. The molecule has 0 aliphatic carbocycles. The number of nitrogens with one attached hydrogen (secondary N) is 1. The molecule has 5 heteroatoms. The number of nitrogens with zero attached hydrogens (tertiary/aromatic N) is 1. The van der Waals surface area contributed by atoms with Gasteiger partial charge in [0.1, 0.15) is 6.04 Å². The predicted molar refractivity (Wildman–Crippen MR) is 76.2 cm³/mol. The van der Waals surface area contributed by atoms with E-state index in [1.807, 2.05) is 0 Å². The molecule has 2 rings (SSSR count). The van der Waals surface area contributed by atoms with Gasteiger partial charge in [-0.1, -0.05) is 0 Å². The Morgan fingerprint density at radius 1 is 1.30 bits per heavy atom. The molecule has 114 valence electrons. The lowest BCUT2D eigenvalue weighted by Crippen LogP contribution is -2.52. The Morgan fingerprint density at radius 2 is 2.10 bits per heavy atom. The molecule has 20 heavy (non-hydrogen) atoms. The topological polar surface area (TPSA) is 58.6 Å². The van der Waals surface area contributed by atoms with Crippen LogP contribution in [0.1, 0.15) is 46.0 Å². The molecule has 0 spiro atoms. The van der Waals surface area contributed by atoms with E-state index < -0.39 is 0 Å². The highest BCUT2D eigenvalue weighted by atomic mass is 16.5. The van der Waals surface area contributed by atoms with Crippen molar-refractivity contribution >= 4 is 11.9 Å². The summed E-state index contributed by atoms with van der Waals surface area (Å²) in [6.07, 6.45) is 4.46. The summed E-state index contributed by atoms with van der Waals surface area (Å²) in [6, 6.07) is 0.0184. The minimum absolute atomic E-state index is 0.0567. The Balaban J connectivity index is 2.03. The molecule has 0 aromatic carbocycles. The monoisotopic (exact) mass is 282 g/mol. The lowest BCUT2D eigenvalue weighted by atomic mass is 9.90. The van der Waals surface area contributed by atoms with Gasteiger partial charge in [0.15, 0.2) is 0 Å². The van der Waals surface area contributed by atoms with Gasteiger partial charge >= 0.3 is 5.97 Å². The van der Waals surface area contributed by atoms with Gasteiger partial charge in [-0.2, -0.15) is 0 Å². The van der Waals surface area contributed by atoms with Crippen molar-refractivity contribution in [3.8, 4) is 0 Å². The molecule has 5 nitrogen and oxygen atoms in total. The number of hydrogen-bond acceptors (Lipinski definition) is 4. The first-order valence-electron chi connectivity index (χ1n) is 7.84. The van der Waals surface area contributed by atoms with Crippen LogP contribution in [0.2, 0.25) is 0 Å². The third-order valence-corrected chi connectivity index (χ3v) is 4.32. The number of likely N-dealkylation sites (tertiary alicyclic amines) is 1. The molecule has 0 aromatic heterocycles. The minimum Gasteiger partial charge on any atom is -0.464 e. The number of carbonyl (C=O) groups excluding carboxylic acids is 2. The SMILES string of the molecule is CCOC(=O)C1CCCCN1C(=O)C1CCNC(C)C1. The fourth-order valence-corrected chi connectivity index (χ4v) is 3.27. The van der Waals surface area contributed by atoms with Crippen LogP contribution < -0.4 is 5.32 Å². The van der Waals surface area contributed by atoms with Crippen LogP contribution in [0, 0.1) is 5.92 Å². The summed E-state index contributed by atoms with van der Waals surface area (Å²) in [5.74, 6) is -0.0279. The van der Waals surface area contributed by atoms with Gasteiger partial charge in [0.2, 0.25) is 5.91 Å². The molecular weight excluding hydrogens is 256 g/mol. The van der Waals surface area contributed by atoms with Crippen LogP contribution in [0.25, 0.3) is 0 Å². The second kappa shape index (κ2) is 7.07. The number of carbonyl (C=O) groups is 2. The van der Waals surface area contributed by atoms with Gasteiger partial charge < -0.3 is 15.0 Å². The zero-order valence-corrected chi connectivity index (χ0v) is 12.6. The van der Waals surface area contributed by atoms with Crippen molar-refractivity contribution in [2.24, 2.45) is 5.92 Å². The van der Waals surface area contributed by atoms with E-state index in [2.05, 4.69) is 12.2 Å². The highest BCUT2D eigenvalue weighted by Gasteiger charge is 2.37. The van der Waals surface area contributed by atoms with Gasteiger partial charge in [-0.15, -0.1) is 0 Å². The summed E-state index contributed by atoms with van der Waals surface area (Å²) in [4.78, 5) is 26.5. The molecular formula is C15H26N2O3. The summed E-state index contributed by atoms with van der Waals surface area (Å²) < 4.78 is 5.13. The molecule has 0 saturated carbocycles. The standard InChI is InChI=1S/C15H26N2O3/c1-3-20-15(19)13-6-4-5-9-17(13)14(18)12-7-8-16-11(2)10-12/h11-13,16H,3-10H2,1-2H3. The zero-order valence-electron chi connectivity index (χ0n) is 12.6. The van der Waals surface area contributed by atoms with E-state index in [4.69, 9.17) is 4.74 Å². The van der Waals surface area contributed by atoms with E-state index in [9.17, 15) is 9.59 Å². The highest BCUT2D eigenvalue weighted by molar-refractivity contribution is 5.86. The summed E-state index contributed by atoms with van der Waals surface area (Å²) in [5.41, 5.74) is 0. The maximum Gasteiger partial charge on any atom is 0.328 e. The molecule has 1 amide bonds. The molecule has 0 aromatic rings. The third kappa shape index (κ3) is 3.51. The Morgan fingerprint density at radius 3 is 2.80 bits per heavy atom. The first-order chi connectivity index (χ1) is 9.63. The Bertz CT molecular complexity index is 359. The number of esters is 1. The van der Waals surface area contributed by atoms with E-state index in [1.165, 1.54) is 0 Å². The van der Waals surface area contributed by atoms with Gasteiger partial charge in [-0.05, 0) is 52.5 Å².